The second-order valence-electron chi connectivity index (χ2n) is 5.75. The number of hydrogen-bond donors (Lipinski definition) is 0. The standard InChI is InChI=1S/C17H15BrF2N2O3S/c18-14-4-2-1-3-13(14)17(23)21-7-9-22(10-8-21)26(24,25)16-6-5-12(19)11-15(16)20/h1-6,11H,7-10H2. The van der Waals surface area contributed by atoms with Gasteiger partial charge in [-0.15, -0.1) is 0 Å². The van der Waals surface area contributed by atoms with Crippen LogP contribution in [0.5, 0.6) is 0 Å². The second-order valence-corrected chi connectivity index (χ2v) is 8.51. The van der Waals surface area contributed by atoms with Crippen LogP contribution in [0.2, 0.25) is 0 Å². The largest absolute Gasteiger partial charge is 0.336 e. The molecule has 0 saturated carbocycles. The molecule has 5 nitrogen and oxygen atoms in total. The maximum absolute atomic E-state index is 13.9. The lowest BCUT2D eigenvalue weighted by atomic mass is 10.2. The van der Waals surface area contributed by atoms with Crippen molar-refractivity contribution in [3.63, 3.8) is 0 Å². The van der Waals surface area contributed by atoms with E-state index in [2.05, 4.69) is 15.9 Å². The summed E-state index contributed by atoms with van der Waals surface area (Å²) in [6.45, 7) is 0.440. The third kappa shape index (κ3) is 3.65. The summed E-state index contributed by atoms with van der Waals surface area (Å²) < 4.78 is 53.8. The van der Waals surface area contributed by atoms with Crippen molar-refractivity contribution in [1.29, 1.82) is 0 Å². The summed E-state index contributed by atoms with van der Waals surface area (Å²) in [7, 11) is -4.09. The van der Waals surface area contributed by atoms with Crippen LogP contribution < -0.4 is 0 Å². The van der Waals surface area contributed by atoms with Crippen LogP contribution in [0.4, 0.5) is 8.78 Å². The van der Waals surface area contributed by atoms with E-state index in [1.807, 2.05) is 0 Å². The third-order valence-corrected chi connectivity index (χ3v) is 6.77. The highest BCUT2D eigenvalue weighted by atomic mass is 79.9. The molecule has 9 heteroatoms. The minimum absolute atomic E-state index is 0.0370. The topological polar surface area (TPSA) is 57.7 Å². The molecule has 26 heavy (non-hydrogen) atoms. The summed E-state index contributed by atoms with van der Waals surface area (Å²) >= 11 is 3.33. The Morgan fingerprint density at radius 3 is 2.27 bits per heavy atom. The van der Waals surface area contributed by atoms with Crippen LogP contribution in [0.1, 0.15) is 10.4 Å². The Labute approximate surface area is 158 Å². The molecule has 0 bridgehead atoms. The number of halogens is 3. The predicted molar refractivity (Wildman–Crippen MR) is 95.2 cm³/mol. The Kier molecular flexibility index (Phi) is 5.40. The zero-order valence-corrected chi connectivity index (χ0v) is 15.9. The van der Waals surface area contributed by atoms with Crippen LogP contribution in [-0.2, 0) is 10.0 Å². The Bertz CT molecular complexity index is 945. The van der Waals surface area contributed by atoms with Gasteiger partial charge in [0.2, 0.25) is 10.0 Å². The molecule has 1 aliphatic heterocycles. The number of piperazine rings is 1. The maximum Gasteiger partial charge on any atom is 0.255 e. The van der Waals surface area contributed by atoms with Crippen LogP contribution in [-0.4, -0.2) is 49.7 Å². The van der Waals surface area contributed by atoms with Gasteiger partial charge in [0.1, 0.15) is 16.5 Å². The summed E-state index contributed by atoms with van der Waals surface area (Å²) in [5.74, 6) is -2.18. The van der Waals surface area contributed by atoms with Crippen molar-refractivity contribution in [3.8, 4) is 0 Å². The highest BCUT2D eigenvalue weighted by Gasteiger charge is 2.32. The molecule has 138 valence electrons. The van der Waals surface area contributed by atoms with Crippen LogP contribution in [0, 0.1) is 11.6 Å². The minimum atomic E-state index is -4.09. The molecule has 1 fully saturated rings. The van der Waals surface area contributed by atoms with Gasteiger partial charge >= 0.3 is 0 Å². The summed E-state index contributed by atoms with van der Waals surface area (Å²) in [5, 5.41) is 0. The Hall–Kier alpha value is -1.84. The molecule has 2 aromatic rings. The van der Waals surface area contributed by atoms with Gasteiger partial charge in [0.15, 0.2) is 0 Å². The third-order valence-electron chi connectivity index (χ3n) is 4.14. The van der Waals surface area contributed by atoms with E-state index in [1.165, 1.54) is 0 Å². The number of benzene rings is 2. The van der Waals surface area contributed by atoms with Crippen molar-refractivity contribution in [1.82, 2.24) is 9.21 Å². The number of carbonyl (C=O) groups excluding carboxylic acids is 1. The van der Waals surface area contributed by atoms with Crippen molar-refractivity contribution in [2.24, 2.45) is 0 Å². The Morgan fingerprint density at radius 1 is 1.00 bits per heavy atom. The van der Waals surface area contributed by atoms with Gasteiger partial charge in [0.25, 0.3) is 5.91 Å². The van der Waals surface area contributed by atoms with E-state index in [1.54, 1.807) is 29.2 Å². The number of sulfonamides is 1. The SMILES string of the molecule is O=C(c1ccccc1Br)N1CCN(S(=O)(=O)c2ccc(F)cc2F)CC1. The number of rotatable bonds is 3. The summed E-state index contributed by atoms with van der Waals surface area (Å²) in [6.07, 6.45) is 0. The van der Waals surface area contributed by atoms with E-state index in [-0.39, 0.29) is 32.1 Å². The lowest BCUT2D eigenvalue weighted by Gasteiger charge is -2.34. The minimum Gasteiger partial charge on any atom is -0.336 e. The lowest BCUT2D eigenvalue weighted by molar-refractivity contribution is 0.0697. The summed E-state index contributed by atoms with van der Waals surface area (Å²) in [4.78, 5) is 13.5. The van der Waals surface area contributed by atoms with Gasteiger partial charge in [-0.05, 0) is 40.2 Å². The zero-order valence-electron chi connectivity index (χ0n) is 13.5. The Morgan fingerprint density at radius 2 is 1.65 bits per heavy atom. The van der Waals surface area contributed by atoms with Crippen LogP contribution in [0.3, 0.4) is 0 Å². The fraction of sp³-hybridized carbons (Fsp3) is 0.235. The first-order chi connectivity index (χ1) is 12.3. The van der Waals surface area contributed by atoms with Crippen molar-refractivity contribution in [3.05, 3.63) is 64.1 Å². The molecule has 2 aromatic carbocycles. The number of hydrogen-bond acceptors (Lipinski definition) is 3. The molecule has 3 rings (SSSR count). The van der Waals surface area contributed by atoms with E-state index in [0.29, 0.717) is 16.1 Å². The first-order valence-corrected chi connectivity index (χ1v) is 10.0. The van der Waals surface area contributed by atoms with Crippen molar-refractivity contribution in [2.75, 3.05) is 26.2 Å². The van der Waals surface area contributed by atoms with E-state index in [4.69, 9.17) is 0 Å². The molecule has 0 radical (unpaired) electrons. The highest BCUT2D eigenvalue weighted by molar-refractivity contribution is 9.10. The quantitative estimate of drug-likeness (QED) is 0.731. The fourth-order valence-corrected chi connectivity index (χ4v) is 4.68. The smallest absolute Gasteiger partial charge is 0.255 e. The average molecular weight is 445 g/mol. The van der Waals surface area contributed by atoms with Crippen LogP contribution in [0.25, 0.3) is 0 Å². The molecule has 1 heterocycles. The molecular formula is C17H15BrF2N2O3S. The lowest BCUT2D eigenvalue weighted by Crippen LogP contribution is -2.50. The highest BCUT2D eigenvalue weighted by Crippen LogP contribution is 2.23. The number of carbonyl (C=O) groups is 1. The van der Waals surface area contributed by atoms with Crippen LogP contribution >= 0.6 is 15.9 Å². The van der Waals surface area contributed by atoms with E-state index >= 15 is 0 Å². The van der Waals surface area contributed by atoms with E-state index in [0.717, 1.165) is 16.4 Å². The molecule has 0 N–H and O–H groups in total. The van der Waals surface area contributed by atoms with Crippen molar-refractivity contribution in [2.45, 2.75) is 4.90 Å². The molecule has 1 amide bonds. The zero-order chi connectivity index (χ0) is 18.9. The molecular weight excluding hydrogens is 430 g/mol. The van der Waals surface area contributed by atoms with Gasteiger partial charge in [-0.25, -0.2) is 17.2 Å². The molecule has 0 atom stereocenters. The second kappa shape index (κ2) is 7.42. The first-order valence-electron chi connectivity index (χ1n) is 7.80. The molecule has 0 spiro atoms. The van der Waals surface area contributed by atoms with E-state index in [9.17, 15) is 22.0 Å². The molecule has 1 aliphatic rings. The Balaban J connectivity index is 1.74. The summed E-state index contributed by atoms with van der Waals surface area (Å²) in [6, 6.07) is 9.34. The molecule has 0 aliphatic carbocycles. The van der Waals surface area contributed by atoms with Gasteiger partial charge in [-0.1, -0.05) is 12.1 Å². The van der Waals surface area contributed by atoms with Gasteiger partial charge in [-0.2, -0.15) is 4.31 Å². The van der Waals surface area contributed by atoms with Crippen molar-refractivity contribution >= 4 is 31.9 Å². The molecule has 0 aromatic heterocycles. The normalized spacial score (nSPS) is 15.9. The molecule has 1 saturated heterocycles. The number of amides is 1. The van der Waals surface area contributed by atoms with Gasteiger partial charge in [0, 0.05) is 36.7 Å². The summed E-state index contributed by atoms with van der Waals surface area (Å²) in [5.41, 5.74) is 0.494. The van der Waals surface area contributed by atoms with Crippen molar-refractivity contribution < 1.29 is 22.0 Å². The maximum atomic E-state index is 13.9. The fourth-order valence-electron chi connectivity index (χ4n) is 2.76. The predicted octanol–water partition coefficient (Wildman–Crippen LogP) is 2.87. The number of nitrogens with zero attached hydrogens (tertiary/aromatic N) is 2. The van der Waals surface area contributed by atoms with Gasteiger partial charge in [0.05, 0.1) is 5.56 Å². The molecule has 0 unspecified atom stereocenters. The average Bonchev–Trinajstić information content (AvgIpc) is 2.61. The van der Waals surface area contributed by atoms with E-state index < -0.39 is 26.6 Å². The monoisotopic (exact) mass is 444 g/mol. The first kappa shape index (κ1) is 18.9. The van der Waals surface area contributed by atoms with Crippen LogP contribution in [0.15, 0.2) is 51.8 Å². The van der Waals surface area contributed by atoms with Gasteiger partial charge < -0.3 is 4.90 Å². The van der Waals surface area contributed by atoms with Gasteiger partial charge in [-0.3, -0.25) is 4.79 Å².